The topological polar surface area (TPSA) is 39.7 Å². The van der Waals surface area contributed by atoms with E-state index in [9.17, 15) is 0 Å². The number of hydrogen-bond donors (Lipinski definition) is 1. The molecule has 19 heavy (non-hydrogen) atoms. The largest absolute Gasteiger partial charge is 0.490 e. The maximum Gasteiger partial charge on any atom is 0.161 e. The van der Waals surface area contributed by atoms with Crippen LogP contribution in [0.3, 0.4) is 0 Å². The minimum Gasteiger partial charge on any atom is -0.490 e. The van der Waals surface area contributed by atoms with Crippen molar-refractivity contribution in [3.8, 4) is 11.5 Å². The van der Waals surface area contributed by atoms with Crippen molar-refractivity contribution in [2.75, 3.05) is 19.8 Å². The van der Waals surface area contributed by atoms with Gasteiger partial charge in [-0.1, -0.05) is 25.0 Å². The highest BCUT2D eigenvalue weighted by atomic mass is 16.7. The van der Waals surface area contributed by atoms with Crippen molar-refractivity contribution < 1.29 is 14.3 Å². The van der Waals surface area contributed by atoms with Crippen LogP contribution in [0.2, 0.25) is 0 Å². The molecule has 1 aliphatic rings. The molecule has 0 bridgehead atoms. The average molecular weight is 265 g/mol. The summed E-state index contributed by atoms with van der Waals surface area (Å²) in [5, 5.41) is 0. The second-order valence-corrected chi connectivity index (χ2v) is 4.65. The summed E-state index contributed by atoms with van der Waals surface area (Å²) in [6.07, 6.45) is 5.28. The van der Waals surface area contributed by atoms with Crippen molar-refractivity contribution in [3.05, 3.63) is 24.3 Å². The Morgan fingerprint density at radius 3 is 2.47 bits per heavy atom. The van der Waals surface area contributed by atoms with Gasteiger partial charge in [0.2, 0.25) is 0 Å². The second kappa shape index (κ2) is 8.02. The molecule has 1 aliphatic carbocycles. The van der Waals surface area contributed by atoms with Gasteiger partial charge in [-0.05, 0) is 31.9 Å². The molecule has 0 saturated heterocycles. The van der Waals surface area contributed by atoms with E-state index in [1.165, 1.54) is 25.7 Å². The lowest BCUT2D eigenvalue weighted by atomic mass is 10.3. The minimum absolute atomic E-state index is 0.385. The van der Waals surface area contributed by atoms with Gasteiger partial charge in [-0.15, -0.1) is 0 Å². The standard InChI is InChI=1S/C15H23NO3/c1-2-17-14-9-5-6-10-15(14)18-12-11-16-19-13-7-3-4-8-13/h5-6,9-10,13,16H,2-4,7-8,11-12H2,1H3. The molecule has 0 unspecified atom stereocenters. The van der Waals surface area contributed by atoms with Gasteiger partial charge in [0.25, 0.3) is 0 Å². The number of para-hydroxylation sites is 2. The molecule has 0 heterocycles. The zero-order valence-electron chi connectivity index (χ0n) is 11.6. The summed E-state index contributed by atoms with van der Waals surface area (Å²) in [6.45, 7) is 3.85. The SMILES string of the molecule is CCOc1ccccc1OCCNOC1CCCC1. The predicted octanol–water partition coefficient (Wildman–Crippen LogP) is 2.93. The molecule has 4 heteroatoms. The van der Waals surface area contributed by atoms with E-state index in [4.69, 9.17) is 14.3 Å². The highest BCUT2D eigenvalue weighted by Crippen LogP contribution is 2.26. The predicted molar refractivity (Wildman–Crippen MR) is 74.4 cm³/mol. The lowest BCUT2D eigenvalue weighted by molar-refractivity contribution is -0.0246. The van der Waals surface area contributed by atoms with Gasteiger partial charge >= 0.3 is 0 Å². The average Bonchev–Trinajstić information content (AvgIpc) is 2.94. The van der Waals surface area contributed by atoms with E-state index in [1.807, 2.05) is 31.2 Å². The van der Waals surface area contributed by atoms with Gasteiger partial charge in [-0.3, -0.25) is 4.84 Å². The first-order chi connectivity index (χ1) is 9.40. The highest BCUT2D eigenvalue weighted by molar-refractivity contribution is 5.39. The molecule has 1 aromatic carbocycles. The van der Waals surface area contributed by atoms with Crippen molar-refractivity contribution in [3.63, 3.8) is 0 Å². The molecule has 4 nitrogen and oxygen atoms in total. The molecule has 0 radical (unpaired) electrons. The molecule has 0 spiro atoms. The Morgan fingerprint density at radius 1 is 1.11 bits per heavy atom. The first-order valence-corrected chi connectivity index (χ1v) is 7.13. The summed E-state index contributed by atoms with van der Waals surface area (Å²) >= 11 is 0. The zero-order valence-corrected chi connectivity index (χ0v) is 11.6. The van der Waals surface area contributed by atoms with Crippen LogP contribution in [0.25, 0.3) is 0 Å². The summed E-state index contributed by atoms with van der Waals surface area (Å²) in [6, 6.07) is 7.73. The van der Waals surface area contributed by atoms with Gasteiger partial charge in [-0.2, -0.15) is 5.48 Å². The molecule has 1 aromatic rings. The first kappa shape index (κ1) is 14.2. The summed E-state index contributed by atoms with van der Waals surface area (Å²) in [5.41, 5.74) is 2.98. The zero-order chi connectivity index (χ0) is 13.3. The van der Waals surface area contributed by atoms with Crippen molar-refractivity contribution >= 4 is 0 Å². The summed E-state index contributed by atoms with van der Waals surface area (Å²) < 4.78 is 11.2. The van der Waals surface area contributed by atoms with Gasteiger partial charge in [-0.25, -0.2) is 0 Å². The Balaban J connectivity index is 1.64. The number of hydroxylamine groups is 1. The van der Waals surface area contributed by atoms with Crippen LogP contribution in [0.15, 0.2) is 24.3 Å². The van der Waals surface area contributed by atoms with Crippen LogP contribution in [0, 0.1) is 0 Å². The van der Waals surface area contributed by atoms with Crippen LogP contribution in [-0.2, 0) is 4.84 Å². The molecule has 0 atom stereocenters. The van der Waals surface area contributed by atoms with Crippen LogP contribution < -0.4 is 15.0 Å². The maximum atomic E-state index is 5.69. The van der Waals surface area contributed by atoms with Crippen LogP contribution in [0.4, 0.5) is 0 Å². The van der Waals surface area contributed by atoms with Crippen LogP contribution >= 0.6 is 0 Å². The first-order valence-electron chi connectivity index (χ1n) is 7.13. The third-order valence-corrected chi connectivity index (χ3v) is 3.16. The van der Waals surface area contributed by atoms with Gasteiger partial charge in [0.1, 0.15) is 6.61 Å². The van der Waals surface area contributed by atoms with Gasteiger partial charge in [0.05, 0.1) is 19.3 Å². The third-order valence-electron chi connectivity index (χ3n) is 3.16. The van der Waals surface area contributed by atoms with E-state index >= 15 is 0 Å². The minimum atomic E-state index is 0.385. The fraction of sp³-hybridized carbons (Fsp3) is 0.600. The Morgan fingerprint density at radius 2 is 1.79 bits per heavy atom. The lowest BCUT2D eigenvalue weighted by Gasteiger charge is -2.13. The van der Waals surface area contributed by atoms with E-state index < -0.39 is 0 Å². The number of hydrogen-bond acceptors (Lipinski definition) is 4. The van der Waals surface area contributed by atoms with E-state index in [-0.39, 0.29) is 0 Å². The van der Waals surface area contributed by atoms with E-state index in [0.29, 0.717) is 25.9 Å². The van der Waals surface area contributed by atoms with Crippen molar-refractivity contribution in [2.45, 2.75) is 38.7 Å². The van der Waals surface area contributed by atoms with Crippen LogP contribution in [0.1, 0.15) is 32.6 Å². The van der Waals surface area contributed by atoms with Gasteiger partial charge in [0, 0.05) is 0 Å². The molecule has 1 N–H and O–H groups in total. The molecule has 0 amide bonds. The van der Waals surface area contributed by atoms with Gasteiger partial charge in [0.15, 0.2) is 11.5 Å². The highest BCUT2D eigenvalue weighted by Gasteiger charge is 2.15. The monoisotopic (exact) mass is 265 g/mol. The second-order valence-electron chi connectivity index (χ2n) is 4.65. The van der Waals surface area contributed by atoms with Crippen molar-refractivity contribution in [2.24, 2.45) is 0 Å². The summed E-state index contributed by atoms with van der Waals surface area (Å²) in [7, 11) is 0. The molecular weight excluding hydrogens is 242 g/mol. The Kier molecular flexibility index (Phi) is 5.98. The summed E-state index contributed by atoms with van der Waals surface area (Å²) in [5.74, 6) is 1.58. The molecule has 1 fully saturated rings. The van der Waals surface area contributed by atoms with E-state index in [2.05, 4.69) is 5.48 Å². The van der Waals surface area contributed by atoms with Crippen LogP contribution in [-0.4, -0.2) is 25.9 Å². The molecule has 1 saturated carbocycles. The molecule has 2 rings (SSSR count). The normalized spacial score (nSPS) is 15.6. The van der Waals surface area contributed by atoms with Crippen molar-refractivity contribution in [1.82, 2.24) is 5.48 Å². The number of nitrogens with one attached hydrogen (secondary N) is 1. The summed E-state index contributed by atoms with van der Waals surface area (Å²) in [4.78, 5) is 5.56. The molecule has 0 aliphatic heterocycles. The number of ether oxygens (including phenoxy) is 2. The smallest absolute Gasteiger partial charge is 0.161 e. The molecular formula is C15H23NO3. The number of rotatable bonds is 8. The maximum absolute atomic E-state index is 5.69. The number of benzene rings is 1. The van der Waals surface area contributed by atoms with Crippen molar-refractivity contribution in [1.29, 1.82) is 0 Å². The fourth-order valence-corrected chi connectivity index (χ4v) is 2.23. The van der Waals surface area contributed by atoms with Crippen LogP contribution in [0.5, 0.6) is 11.5 Å². The van der Waals surface area contributed by atoms with E-state index in [1.54, 1.807) is 0 Å². The molecule has 0 aromatic heterocycles. The quantitative estimate of drug-likeness (QED) is 0.579. The van der Waals surface area contributed by atoms with Gasteiger partial charge < -0.3 is 9.47 Å². The Labute approximate surface area is 115 Å². The molecule has 106 valence electrons. The van der Waals surface area contributed by atoms with E-state index in [0.717, 1.165) is 11.5 Å². The Bertz CT molecular complexity index is 364. The lowest BCUT2D eigenvalue weighted by Crippen LogP contribution is -2.26. The Hall–Kier alpha value is -1.26. The fourth-order valence-electron chi connectivity index (χ4n) is 2.23. The third kappa shape index (κ3) is 4.73.